The molecule has 94 valence electrons. The highest BCUT2D eigenvalue weighted by Gasteiger charge is 2.16. The largest absolute Gasteiger partial charge is 0.477 e. The second-order valence-electron chi connectivity index (χ2n) is 4.54. The molecule has 0 fully saturated rings. The molecular formula is C13H14N2O2S. The number of aromatic nitrogens is 2. The highest BCUT2D eigenvalue weighted by Crippen LogP contribution is 2.23. The molecule has 2 heterocycles. The van der Waals surface area contributed by atoms with E-state index >= 15 is 0 Å². The van der Waals surface area contributed by atoms with Crippen molar-refractivity contribution >= 4 is 17.3 Å². The number of rotatable bonds is 3. The van der Waals surface area contributed by atoms with E-state index in [1.54, 1.807) is 6.07 Å². The van der Waals surface area contributed by atoms with Crippen molar-refractivity contribution < 1.29 is 9.90 Å². The Bertz CT molecular complexity index is 586. The van der Waals surface area contributed by atoms with Crippen molar-refractivity contribution in [1.82, 2.24) is 9.55 Å². The summed E-state index contributed by atoms with van der Waals surface area (Å²) < 4.78 is 2.16. The second-order valence-corrected chi connectivity index (χ2v) is 5.71. The number of carbonyl (C=O) groups is 1. The number of fused-ring (bicyclic) bond motifs is 1. The van der Waals surface area contributed by atoms with Crippen molar-refractivity contribution in [3.63, 3.8) is 0 Å². The van der Waals surface area contributed by atoms with E-state index < -0.39 is 5.97 Å². The number of carboxylic acids is 1. The molecule has 0 amide bonds. The maximum Gasteiger partial charge on any atom is 0.345 e. The highest BCUT2D eigenvalue weighted by atomic mass is 32.1. The van der Waals surface area contributed by atoms with E-state index in [9.17, 15) is 4.79 Å². The van der Waals surface area contributed by atoms with E-state index in [-0.39, 0.29) is 0 Å². The average molecular weight is 262 g/mol. The van der Waals surface area contributed by atoms with Crippen LogP contribution >= 0.6 is 11.3 Å². The van der Waals surface area contributed by atoms with Crippen molar-refractivity contribution in [2.24, 2.45) is 0 Å². The first-order valence-corrected chi connectivity index (χ1v) is 6.90. The maximum absolute atomic E-state index is 10.8. The molecule has 2 aromatic heterocycles. The Balaban J connectivity index is 1.83. The summed E-state index contributed by atoms with van der Waals surface area (Å²) in [4.78, 5) is 16.8. The third-order valence-corrected chi connectivity index (χ3v) is 4.37. The zero-order valence-electron chi connectivity index (χ0n) is 9.93. The van der Waals surface area contributed by atoms with Crippen LogP contribution in [0, 0.1) is 0 Å². The Kier molecular flexibility index (Phi) is 2.91. The number of aromatic carboxylic acids is 1. The highest BCUT2D eigenvalue weighted by molar-refractivity contribution is 7.13. The van der Waals surface area contributed by atoms with Gasteiger partial charge < -0.3 is 9.67 Å². The molecule has 5 heteroatoms. The summed E-state index contributed by atoms with van der Waals surface area (Å²) in [6.45, 7) is 0.736. The molecule has 0 aromatic carbocycles. The van der Waals surface area contributed by atoms with Crippen molar-refractivity contribution in [3.8, 4) is 0 Å². The molecule has 0 saturated carbocycles. The van der Waals surface area contributed by atoms with Crippen LogP contribution in [0.1, 0.15) is 38.8 Å². The smallest absolute Gasteiger partial charge is 0.345 e. The number of nitrogens with zero attached hydrogens (tertiary/aromatic N) is 2. The summed E-state index contributed by atoms with van der Waals surface area (Å²) in [5, 5.41) is 8.91. The molecule has 0 aliphatic heterocycles. The summed E-state index contributed by atoms with van der Waals surface area (Å²) in [6, 6.07) is 3.56. The van der Waals surface area contributed by atoms with Gasteiger partial charge >= 0.3 is 5.97 Å². The van der Waals surface area contributed by atoms with Gasteiger partial charge in [0.15, 0.2) is 0 Å². The topological polar surface area (TPSA) is 55.1 Å². The van der Waals surface area contributed by atoms with Crippen LogP contribution in [-0.2, 0) is 19.4 Å². The zero-order chi connectivity index (χ0) is 12.5. The van der Waals surface area contributed by atoms with Crippen LogP contribution in [0.3, 0.4) is 0 Å². The fourth-order valence-corrected chi connectivity index (χ4v) is 3.26. The summed E-state index contributed by atoms with van der Waals surface area (Å²) >= 11 is 1.34. The van der Waals surface area contributed by atoms with Crippen molar-refractivity contribution in [2.75, 3.05) is 0 Å². The summed E-state index contributed by atoms with van der Waals surface area (Å²) in [5.41, 5.74) is 2.54. The van der Waals surface area contributed by atoms with E-state index in [1.165, 1.54) is 35.6 Å². The van der Waals surface area contributed by atoms with Gasteiger partial charge in [-0.05, 0) is 37.8 Å². The summed E-state index contributed by atoms with van der Waals surface area (Å²) in [7, 11) is 0. The predicted octanol–water partition coefficient (Wildman–Crippen LogP) is 2.57. The monoisotopic (exact) mass is 262 g/mol. The Labute approximate surface area is 109 Å². The first-order chi connectivity index (χ1) is 8.74. The molecule has 1 aliphatic rings. The lowest BCUT2D eigenvalue weighted by atomic mass is 10.0. The number of thiophene rings is 1. The molecule has 18 heavy (non-hydrogen) atoms. The van der Waals surface area contributed by atoms with Gasteiger partial charge in [-0.25, -0.2) is 9.78 Å². The lowest BCUT2D eigenvalue weighted by Crippen LogP contribution is -2.08. The van der Waals surface area contributed by atoms with Gasteiger partial charge in [0.05, 0.1) is 18.6 Å². The quantitative estimate of drug-likeness (QED) is 0.925. The number of aryl methyl sites for hydroxylation is 1. The third-order valence-electron chi connectivity index (χ3n) is 3.31. The minimum Gasteiger partial charge on any atom is -0.477 e. The number of carboxylic acid groups (broad SMARTS) is 1. The lowest BCUT2D eigenvalue weighted by molar-refractivity contribution is 0.0702. The van der Waals surface area contributed by atoms with Crippen LogP contribution in [0.15, 0.2) is 18.5 Å². The fourth-order valence-electron chi connectivity index (χ4n) is 2.41. The van der Waals surface area contributed by atoms with Gasteiger partial charge in [0.1, 0.15) is 4.88 Å². The van der Waals surface area contributed by atoms with E-state index in [2.05, 4.69) is 9.55 Å². The number of hydrogen-bond donors (Lipinski definition) is 1. The van der Waals surface area contributed by atoms with Gasteiger partial charge in [-0.15, -0.1) is 11.3 Å². The first kappa shape index (κ1) is 11.5. The molecule has 0 radical (unpaired) electrons. The molecule has 0 atom stereocenters. The lowest BCUT2D eigenvalue weighted by Gasteiger charge is -2.13. The van der Waals surface area contributed by atoms with Crippen LogP contribution < -0.4 is 0 Å². The Hall–Kier alpha value is -1.62. The normalized spacial score (nSPS) is 14.4. The van der Waals surface area contributed by atoms with Crippen LogP contribution in [0.4, 0.5) is 0 Å². The minimum atomic E-state index is -0.848. The van der Waals surface area contributed by atoms with Gasteiger partial charge in [0.2, 0.25) is 0 Å². The second kappa shape index (κ2) is 4.57. The van der Waals surface area contributed by atoms with E-state index in [0.29, 0.717) is 4.88 Å². The van der Waals surface area contributed by atoms with Crippen LogP contribution in [0.5, 0.6) is 0 Å². The molecule has 0 unspecified atom stereocenters. The Morgan fingerprint density at radius 3 is 3.00 bits per heavy atom. The maximum atomic E-state index is 10.8. The van der Waals surface area contributed by atoms with Gasteiger partial charge in [-0.1, -0.05) is 0 Å². The molecule has 4 nitrogen and oxygen atoms in total. The third kappa shape index (κ3) is 2.06. The van der Waals surface area contributed by atoms with E-state index in [1.807, 2.05) is 12.4 Å². The fraction of sp³-hybridized carbons (Fsp3) is 0.385. The van der Waals surface area contributed by atoms with Gasteiger partial charge in [0, 0.05) is 10.6 Å². The molecule has 0 spiro atoms. The van der Waals surface area contributed by atoms with E-state index in [0.717, 1.165) is 24.3 Å². The van der Waals surface area contributed by atoms with Crippen molar-refractivity contribution in [1.29, 1.82) is 0 Å². The van der Waals surface area contributed by atoms with Crippen molar-refractivity contribution in [2.45, 2.75) is 32.2 Å². The van der Waals surface area contributed by atoms with Crippen LogP contribution in [-0.4, -0.2) is 20.6 Å². The predicted molar refractivity (Wildman–Crippen MR) is 69.2 cm³/mol. The average Bonchev–Trinajstić information content (AvgIpc) is 2.98. The first-order valence-electron chi connectivity index (χ1n) is 6.09. The van der Waals surface area contributed by atoms with Gasteiger partial charge in [-0.2, -0.15) is 0 Å². The Morgan fingerprint density at radius 1 is 1.39 bits per heavy atom. The van der Waals surface area contributed by atoms with Crippen LogP contribution in [0.25, 0.3) is 0 Å². The number of imidazole rings is 1. The van der Waals surface area contributed by atoms with Gasteiger partial charge in [0.25, 0.3) is 0 Å². The zero-order valence-corrected chi connectivity index (χ0v) is 10.7. The molecule has 0 saturated heterocycles. The summed E-state index contributed by atoms with van der Waals surface area (Å²) in [6.07, 6.45) is 6.51. The van der Waals surface area contributed by atoms with E-state index in [4.69, 9.17) is 5.11 Å². The SMILES string of the molecule is O=C(O)c1ccc(Cn2cnc3c2CCCC3)s1. The number of hydrogen-bond acceptors (Lipinski definition) is 3. The summed E-state index contributed by atoms with van der Waals surface area (Å²) in [5.74, 6) is -0.848. The molecule has 3 rings (SSSR count). The molecule has 0 bridgehead atoms. The Morgan fingerprint density at radius 2 is 2.22 bits per heavy atom. The van der Waals surface area contributed by atoms with Crippen molar-refractivity contribution in [3.05, 3.63) is 39.6 Å². The van der Waals surface area contributed by atoms with Gasteiger partial charge in [-0.3, -0.25) is 0 Å². The molecular weight excluding hydrogens is 248 g/mol. The standard InChI is InChI=1S/C13H14N2O2S/c16-13(17)12-6-5-9(18-12)7-15-8-14-10-3-1-2-4-11(10)15/h5-6,8H,1-4,7H2,(H,16,17). The molecule has 1 N–H and O–H groups in total. The molecule has 1 aliphatic carbocycles. The molecule has 2 aromatic rings. The minimum absolute atomic E-state index is 0.402. The van der Waals surface area contributed by atoms with Crippen LogP contribution in [0.2, 0.25) is 0 Å².